The second-order valence-electron chi connectivity index (χ2n) is 7.18. The van der Waals surface area contributed by atoms with E-state index in [1.54, 1.807) is 86.8 Å². The Balaban J connectivity index is 1.73. The smallest absolute Gasteiger partial charge is 0.264 e. The predicted octanol–water partition coefficient (Wildman–Crippen LogP) is 3.80. The van der Waals surface area contributed by atoms with Gasteiger partial charge in [0.2, 0.25) is 0 Å². The Morgan fingerprint density at radius 2 is 1.47 bits per heavy atom. The molecular weight excluding hydrogens is 428 g/mol. The van der Waals surface area contributed by atoms with Gasteiger partial charge in [0.25, 0.3) is 15.9 Å². The van der Waals surface area contributed by atoms with Gasteiger partial charge in [0.1, 0.15) is 0 Å². The molecule has 0 saturated carbocycles. The molecule has 8 heteroatoms. The van der Waals surface area contributed by atoms with E-state index in [-0.39, 0.29) is 10.8 Å². The number of sulfonamides is 1. The zero-order valence-corrected chi connectivity index (χ0v) is 19.3. The van der Waals surface area contributed by atoms with E-state index >= 15 is 0 Å². The number of rotatable bonds is 8. The summed E-state index contributed by atoms with van der Waals surface area (Å²) in [5, 5.41) is 0. The highest BCUT2D eigenvalue weighted by atomic mass is 32.2. The van der Waals surface area contributed by atoms with Gasteiger partial charge in [-0.05, 0) is 54.1 Å². The first-order valence-electron chi connectivity index (χ1n) is 9.88. The standard InChI is InChI=1S/C24H26N2O5S/c1-25(17-18-10-15-22(30-3)23(16-18)31-4)24(27)19-11-13-20(14-12-19)26(2)32(28,29)21-8-6-5-7-9-21/h5-16H,17H2,1-4H3. The van der Waals surface area contributed by atoms with E-state index in [1.165, 1.54) is 11.4 Å². The molecule has 3 rings (SSSR count). The molecule has 0 spiro atoms. The number of anilines is 1. The van der Waals surface area contributed by atoms with E-state index in [0.29, 0.717) is 29.3 Å². The maximum atomic E-state index is 12.9. The Morgan fingerprint density at radius 3 is 2.06 bits per heavy atom. The van der Waals surface area contributed by atoms with Crippen molar-refractivity contribution in [3.05, 3.63) is 83.9 Å². The van der Waals surface area contributed by atoms with Crippen LogP contribution in [0.15, 0.2) is 77.7 Å². The largest absolute Gasteiger partial charge is 0.493 e. The lowest BCUT2D eigenvalue weighted by atomic mass is 10.1. The van der Waals surface area contributed by atoms with Crippen LogP contribution < -0.4 is 13.8 Å². The van der Waals surface area contributed by atoms with E-state index in [1.807, 2.05) is 12.1 Å². The molecule has 7 nitrogen and oxygen atoms in total. The van der Waals surface area contributed by atoms with Gasteiger partial charge in [-0.15, -0.1) is 0 Å². The van der Waals surface area contributed by atoms with Gasteiger partial charge >= 0.3 is 0 Å². The fourth-order valence-corrected chi connectivity index (χ4v) is 4.46. The number of methoxy groups -OCH3 is 2. The van der Waals surface area contributed by atoms with Crippen LogP contribution in [-0.4, -0.2) is 47.5 Å². The minimum atomic E-state index is -3.68. The third kappa shape index (κ3) is 4.86. The Hall–Kier alpha value is -3.52. The quantitative estimate of drug-likeness (QED) is 0.518. The number of carbonyl (C=O) groups is 1. The third-order valence-corrected chi connectivity index (χ3v) is 6.89. The summed E-state index contributed by atoms with van der Waals surface area (Å²) in [7, 11) is 2.65. The lowest BCUT2D eigenvalue weighted by Gasteiger charge is -2.21. The summed E-state index contributed by atoms with van der Waals surface area (Å²) in [6.45, 7) is 0.378. The molecule has 0 fully saturated rings. The van der Waals surface area contributed by atoms with Gasteiger partial charge < -0.3 is 14.4 Å². The Labute approximate surface area is 188 Å². The van der Waals surface area contributed by atoms with Crippen molar-refractivity contribution >= 4 is 21.6 Å². The number of amides is 1. The van der Waals surface area contributed by atoms with E-state index in [4.69, 9.17) is 9.47 Å². The fraction of sp³-hybridized carbons (Fsp3) is 0.208. The lowest BCUT2D eigenvalue weighted by Crippen LogP contribution is -2.27. The highest BCUT2D eigenvalue weighted by Crippen LogP contribution is 2.28. The van der Waals surface area contributed by atoms with Crippen LogP contribution in [0.4, 0.5) is 5.69 Å². The van der Waals surface area contributed by atoms with Crippen molar-refractivity contribution in [2.75, 3.05) is 32.6 Å². The Morgan fingerprint density at radius 1 is 0.844 bits per heavy atom. The SMILES string of the molecule is COc1ccc(CN(C)C(=O)c2ccc(N(C)S(=O)(=O)c3ccccc3)cc2)cc1OC. The van der Waals surface area contributed by atoms with E-state index in [2.05, 4.69) is 0 Å². The van der Waals surface area contributed by atoms with Gasteiger partial charge in [-0.1, -0.05) is 24.3 Å². The number of nitrogens with zero attached hydrogens (tertiary/aromatic N) is 2. The first-order chi connectivity index (χ1) is 15.3. The van der Waals surface area contributed by atoms with Crippen molar-refractivity contribution in [3.63, 3.8) is 0 Å². The van der Waals surface area contributed by atoms with Gasteiger partial charge in [-0.3, -0.25) is 9.10 Å². The average molecular weight is 455 g/mol. The summed E-state index contributed by atoms with van der Waals surface area (Å²) in [5.74, 6) is 1.04. The molecule has 0 aromatic heterocycles. The minimum absolute atomic E-state index is 0.181. The second kappa shape index (κ2) is 9.74. The topological polar surface area (TPSA) is 76.2 Å². The molecule has 3 aromatic carbocycles. The summed E-state index contributed by atoms with van der Waals surface area (Å²) in [5.41, 5.74) is 1.82. The summed E-state index contributed by atoms with van der Waals surface area (Å²) in [6.07, 6.45) is 0. The van der Waals surface area contributed by atoms with Crippen molar-refractivity contribution in [2.24, 2.45) is 0 Å². The van der Waals surface area contributed by atoms with Gasteiger partial charge in [0, 0.05) is 26.2 Å². The minimum Gasteiger partial charge on any atom is -0.493 e. The highest BCUT2D eigenvalue weighted by molar-refractivity contribution is 7.92. The van der Waals surface area contributed by atoms with Crippen molar-refractivity contribution < 1.29 is 22.7 Å². The molecule has 0 saturated heterocycles. The Bertz CT molecular complexity index is 1180. The molecule has 168 valence electrons. The molecular formula is C24H26N2O5S. The molecule has 0 bridgehead atoms. The molecule has 0 aliphatic carbocycles. The van der Waals surface area contributed by atoms with Crippen LogP contribution in [0, 0.1) is 0 Å². The first kappa shape index (κ1) is 23.1. The third-order valence-electron chi connectivity index (χ3n) is 5.09. The second-order valence-corrected chi connectivity index (χ2v) is 9.15. The van der Waals surface area contributed by atoms with Crippen LogP contribution in [0.25, 0.3) is 0 Å². The summed E-state index contributed by atoms with van der Waals surface area (Å²) in [4.78, 5) is 14.7. The van der Waals surface area contributed by atoms with Crippen LogP contribution in [0.1, 0.15) is 15.9 Å². The van der Waals surface area contributed by atoms with Crippen LogP contribution in [-0.2, 0) is 16.6 Å². The zero-order chi connectivity index (χ0) is 23.3. The molecule has 0 aliphatic rings. The van der Waals surface area contributed by atoms with Crippen LogP contribution in [0.5, 0.6) is 11.5 Å². The summed E-state index contributed by atoms with van der Waals surface area (Å²) in [6, 6.07) is 20.2. The fourth-order valence-electron chi connectivity index (χ4n) is 3.25. The van der Waals surface area contributed by atoms with Crippen LogP contribution in [0.3, 0.4) is 0 Å². The zero-order valence-electron chi connectivity index (χ0n) is 18.5. The number of hydrogen-bond acceptors (Lipinski definition) is 5. The van der Waals surface area contributed by atoms with Gasteiger partial charge in [-0.25, -0.2) is 8.42 Å². The van der Waals surface area contributed by atoms with Crippen molar-refractivity contribution in [1.82, 2.24) is 4.90 Å². The van der Waals surface area contributed by atoms with Crippen molar-refractivity contribution in [1.29, 1.82) is 0 Å². The predicted molar refractivity (Wildman–Crippen MR) is 124 cm³/mol. The maximum Gasteiger partial charge on any atom is 0.264 e. The molecule has 0 unspecified atom stereocenters. The number of hydrogen-bond donors (Lipinski definition) is 0. The lowest BCUT2D eigenvalue weighted by molar-refractivity contribution is 0.0785. The van der Waals surface area contributed by atoms with E-state index in [9.17, 15) is 13.2 Å². The van der Waals surface area contributed by atoms with Gasteiger partial charge in [-0.2, -0.15) is 0 Å². The molecule has 0 aliphatic heterocycles. The van der Waals surface area contributed by atoms with Gasteiger partial charge in [0.15, 0.2) is 11.5 Å². The monoisotopic (exact) mass is 454 g/mol. The van der Waals surface area contributed by atoms with Crippen molar-refractivity contribution in [3.8, 4) is 11.5 Å². The number of benzene rings is 3. The number of ether oxygens (including phenoxy) is 2. The molecule has 32 heavy (non-hydrogen) atoms. The summed E-state index contributed by atoms with van der Waals surface area (Å²) < 4.78 is 37.3. The van der Waals surface area contributed by atoms with Crippen LogP contribution in [0.2, 0.25) is 0 Å². The molecule has 0 radical (unpaired) electrons. The van der Waals surface area contributed by atoms with Gasteiger partial charge in [0.05, 0.1) is 24.8 Å². The maximum absolute atomic E-state index is 12.9. The normalized spacial score (nSPS) is 11.0. The van der Waals surface area contributed by atoms with Crippen molar-refractivity contribution in [2.45, 2.75) is 11.4 Å². The average Bonchev–Trinajstić information content (AvgIpc) is 2.83. The molecule has 0 N–H and O–H groups in total. The summed E-state index contributed by atoms with van der Waals surface area (Å²) >= 11 is 0. The molecule has 0 atom stereocenters. The Kier molecular flexibility index (Phi) is 7.05. The first-order valence-corrected chi connectivity index (χ1v) is 11.3. The molecule has 3 aromatic rings. The van der Waals surface area contributed by atoms with E-state index in [0.717, 1.165) is 5.56 Å². The highest BCUT2D eigenvalue weighted by Gasteiger charge is 2.21. The number of carbonyl (C=O) groups excluding carboxylic acids is 1. The van der Waals surface area contributed by atoms with E-state index < -0.39 is 10.0 Å². The molecule has 0 heterocycles. The van der Waals surface area contributed by atoms with Crippen LogP contribution >= 0.6 is 0 Å². The molecule has 1 amide bonds.